The topological polar surface area (TPSA) is 69.6 Å². The molecule has 0 heterocycles. The van der Waals surface area contributed by atoms with E-state index in [2.05, 4.69) is 12.2 Å². The second-order valence-corrected chi connectivity index (χ2v) is 5.55. The van der Waals surface area contributed by atoms with Crippen LogP contribution < -0.4 is 10.2 Å². The summed E-state index contributed by atoms with van der Waals surface area (Å²) in [6.45, 7) is 5.92. The lowest BCUT2D eigenvalue weighted by Crippen LogP contribution is -2.47. The predicted molar refractivity (Wildman–Crippen MR) is 83.6 cm³/mol. The van der Waals surface area contributed by atoms with Crippen LogP contribution >= 0.6 is 0 Å². The first kappa shape index (κ1) is 17.0. The Kier molecular flexibility index (Phi) is 6.21. The molecule has 1 rings (SSSR count). The van der Waals surface area contributed by atoms with Gasteiger partial charge in [0, 0.05) is 12.7 Å². The summed E-state index contributed by atoms with van der Waals surface area (Å²) in [5, 5.41) is 11.7. The molecule has 0 aliphatic heterocycles. The van der Waals surface area contributed by atoms with Gasteiger partial charge in [0.25, 0.3) is 0 Å². The molecule has 0 radical (unpaired) electrons. The number of hydrogen-bond acceptors (Lipinski definition) is 2. The number of carbonyl (C=O) groups is 2. The van der Waals surface area contributed by atoms with E-state index in [1.54, 1.807) is 7.05 Å². The van der Waals surface area contributed by atoms with Crippen molar-refractivity contribution in [2.75, 3.05) is 11.9 Å². The lowest BCUT2D eigenvalue weighted by atomic mass is 10.0. The smallest absolute Gasteiger partial charge is 0.326 e. The number of carbonyl (C=O) groups excluding carboxylic acids is 1. The zero-order valence-electron chi connectivity index (χ0n) is 13.1. The van der Waals surface area contributed by atoms with E-state index >= 15 is 0 Å². The Hall–Kier alpha value is -2.04. The van der Waals surface area contributed by atoms with E-state index in [1.165, 1.54) is 10.5 Å². The van der Waals surface area contributed by atoms with Crippen LogP contribution in [0, 0.1) is 5.92 Å². The Balaban J connectivity index is 2.73. The maximum atomic E-state index is 12.1. The molecule has 0 aliphatic carbocycles. The van der Waals surface area contributed by atoms with Crippen molar-refractivity contribution >= 4 is 17.7 Å². The first-order valence-corrected chi connectivity index (χ1v) is 7.21. The molecule has 1 unspecified atom stereocenters. The molecule has 1 atom stereocenters. The average Bonchev–Trinajstić information content (AvgIpc) is 2.45. The number of aryl methyl sites for hydroxylation is 1. The summed E-state index contributed by atoms with van der Waals surface area (Å²) >= 11 is 0. The van der Waals surface area contributed by atoms with Crippen molar-refractivity contribution < 1.29 is 14.7 Å². The molecule has 0 aliphatic rings. The van der Waals surface area contributed by atoms with Gasteiger partial charge in [-0.2, -0.15) is 0 Å². The van der Waals surface area contributed by atoms with E-state index in [4.69, 9.17) is 5.11 Å². The minimum Gasteiger partial charge on any atom is -0.480 e. The van der Waals surface area contributed by atoms with Crippen LogP contribution in [0.4, 0.5) is 10.5 Å². The standard InChI is InChI=1S/C16H24N2O3/c1-5-12-6-8-13(9-7-12)18(4)16(21)17-14(15(19)20)10-11(2)3/h6-9,11,14H,5,10H2,1-4H3,(H,17,21)(H,19,20). The average molecular weight is 292 g/mol. The Labute approximate surface area is 126 Å². The highest BCUT2D eigenvalue weighted by Gasteiger charge is 2.23. The highest BCUT2D eigenvalue weighted by Crippen LogP contribution is 2.15. The molecule has 21 heavy (non-hydrogen) atoms. The lowest BCUT2D eigenvalue weighted by Gasteiger charge is -2.22. The monoisotopic (exact) mass is 292 g/mol. The number of carboxylic acids is 1. The van der Waals surface area contributed by atoms with Gasteiger partial charge < -0.3 is 10.4 Å². The summed E-state index contributed by atoms with van der Waals surface area (Å²) in [6.07, 6.45) is 1.34. The number of benzene rings is 1. The number of urea groups is 1. The number of carboxylic acid groups (broad SMARTS) is 1. The molecule has 0 bridgehead atoms. The van der Waals surface area contributed by atoms with E-state index in [0.29, 0.717) is 6.42 Å². The van der Waals surface area contributed by atoms with Crippen molar-refractivity contribution in [3.05, 3.63) is 29.8 Å². The quantitative estimate of drug-likeness (QED) is 0.847. The van der Waals surface area contributed by atoms with E-state index in [9.17, 15) is 9.59 Å². The Morgan fingerprint density at radius 2 is 1.81 bits per heavy atom. The van der Waals surface area contributed by atoms with Crippen molar-refractivity contribution in [3.8, 4) is 0 Å². The van der Waals surface area contributed by atoms with Crippen molar-refractivity contribution in [2.24, 2.45) is 5.92 Å². The third-order valence-electron chi connectivity index (χ3n) is 3.34. The molecular weight excluding hydrogens is 268 g/mol. The van der Waals surface area contributed by atoms with Gasteiger partial charge in [-0.15, -0.1) is 0 Å². The molecule has 0 saturated heterocycles. The van der Waals surface area contributed by atoms with Crippen LogP contribution in [0.15, 0.2) is 24.3 Å². The van der Waals surface area contributed by atoms with Gasteiger partial charge in [-0.25, -0.2) is 9.59 Å². The molecule has 2 amide bonds. The molecular formula is C16H24N2O3. The fraction of sp³-hybridized carbons (Fsp3) is 0.500. The van der Waals surface area contributed by atoms with Crippen molar-refractivity contribution in [2.45, 2.75) is 39.7 Å². The minimum absolute atomic E-state index is 0.195. The van der Waals surface area contributed by atoms with Crippen LogP contribution in [0.25, 0.3) is 0 Å². The van der Waals surface area contributed by atoms with Crippen LogP contribution in [0.2, 0.25) is 0 Å². The van der Waals surface area contributed by atoms with Gasteiger partial charge in [-0.3, -0.25) is 4.90 Å². The Bertz CT molecular complexity index is 483. The Morgan fingerprint density at radius 3 is 2.24 bits per heavy atom. The van der Waals surface area contributed by atoms with Gasteiger partial charge in [0.15, 0.2) is 0 Å². The normalized spacial score (nSPS) is 12.0. The molecule has 5 nitrogen and oxygen atoms in total. The number of anilines is 1. The summed E-state index contributed by atoms with van der Waals surface area (Å²) in [7, 11) is 1.63. The molecule has 5 heteroatoms. The third-order valence-corrected chi connectivity index (χ3v) is 3.34. The SMILES string of the molecule is CCc1ccc(N(C)C(=O)NC(CC(C)C)C(=O)O)cc1. The number of nitrogens with zero attached hydrogens (tertiary/aromatic N) is 1. The molecule has 2 N–H and O–H groups in total. The first-order valence-electron chi connectivity index (χ1n) is 7.21. The van der Waals surface area contributed by atoms with E-state index in [0.717, 1.165) is 12.1 Å². The first-order chi connectivity index (χ1) is 9.85. The van der Waals surface area contributed by atoms with Crippen LogP contribution in [-0.4, -0.2) is 30.2 Å². The number of nitrogens with one attached hydrogen (secondary N) is 1. The molecule has 116 valence electrons. The highest BCUT2D eigenvalue weighted by molar-refractivity contribution is 5.93. The molecule has 0 saturated carbocycles. The van der Waals surface area contributed by atoms with Gasteiger partial charge in [0.1, 0.15) is 6.04 Å². The van der Waals surface area contributed by atoms with Crippen LogP contribution in [0.5, 0.6) is 0 Å². The molecule has 0 spiro atoms. The third kappa shape index (κ3) is 5.10. The summed E-state index contributed by atoms with van der Waals surface area (Å²) in [5.74, 6) is -0.813. The lowest BCUT2D eigenvalue weighted by molar-refractivity contribution is -0.139. The fourth-order valence-corrected chi connectivity index (χ4v) is 2.01. The number of aliphatic carboxylic acids is 1. The van der Waals surface area contributed by atoms with Crippen LogP contribution in [0.1, 0.15) is 32.8 Å². The van der Waals surface area contributed by atoms with Gasteiger partial charge in [-0.1, -0.05) is 32.9 Å². The summed E-state index contributed by atoms with van der Waals surface area (Å²) in [5.41, 5.74) is 1.93. The second-order valence-electron chi connectivity index (χ2n) is 5.55. The summed E-state index contributed by atoms with van der Waals surface area (Å²) < 4.78 is 0. The summed E-state index contributed by atoms with van der Waals surface area (Å²) in [6, 6.07) is 6.36. The predicted octanol–water partition coefficient (Wildman–Crippen LogP) is 2.89. The van der Waals surface area contributed by atoms with Gasteiger partial charge in [-0.05, 0) is 36.5 Å². The second kappa shape index (κ2) is 7.67. The van der Waals surface area contributed by atoms with Gasteiger partial charge >= 0.3 is 12.0 Å². The maximum absolute atomic E-state index is 12.1. The number of rotatable bonds is 6. The number of amides is 2. The zero-order chi connectivity index (χ0) is 16.0. The molecule has 0 aromatic heterocycles. The molecule has 1 aromatic rings. The van der Waals surface area contributed by atoms with Gasteiger partial charge in [0.05, 0.1) is 0 Å². The zero-order valence-corrected chi connectivity index (χ0v) is 13.1. The van der Waals surface area contributed by atoms with Crippen LogP contribution in [0.3, 0.4) is 0 Å². The number of hydrogen-bond donors (Lipinski definition) is 2. The minimum atomic E-state index is -1.01. The van der Waals surface area contributed by atoms with Crippen LogP contribution in [-0.2, 0) is 11.2 Å². The van der Waals surface area contributed by atoms with E-state index in [1.807, 2.05) is 38.1 Å². The summed E-state index contributed by atoms with van der Waals surface area (Å²) in [4.78, 5) is 24.8. The Morgan fingerprint density at radius 1 is 1.24 bits per heavy atom. The van der Waals surface area contributed by atoms with Crippen molar-refractivity contribution in [3.63, 3.8) is 0 Å². The van der Waals surface area contributed by atoms with E-state index < -0.39 is 18.0 Å². The van der Waals surface area contributed by atoms with E-state index in [-0.39, 0.29) is 5.92 Å². The largest absolute Gasteiger partial charge is 0.480 e. The fourth-order valence-electron chi connectivity index (χ4n) is 2.01. The highest BCUT2D eigenvalue weighted by atomic mass is 16.4. The van der Waals surface area contributed by atoms with Crippen molar-refractivity contribution in [1.82, 2.24) is 5.32 Å². The molecule has 0 fully saturated rings. The van der Waals surface area contributed by atoms with Crippen molar-refractivity contribution in [1.29, 1.82) is 0 Å². The maximum Gasteiger partial charge on any atom is 0.326 e. The molecule has 1 aromatic carbocycles. The van der Waals surface area contributed by atoms with Gasteiger partial charge in [0.2, 0.25) is 0 Å².